The van der Waals surface area contributed by atoms with Crippen LogP contribution < -0.4 is 20.3 Å². The molecule has 1 unspecified atom stereocenters. The van der Waals surface area contributed by atoms with Crippen LogP contribution in [0.1, 0.15) is 30.3 Å². The summed E-state index contributed by atoms with van der Waals surface area (Å²) in [7, 11) is 1.52. The van der Waals surface area contributed by atoms with Gasteiger partial charge >= 0.3 is 0 Å². The summed E-state index contributed by atoms with van der Waals surface area (Å²) in [6.45, 7) is 5.59. The van der Waals surface area contributed by atoms with Gasteiger partial charge in [0.15, 0.2) is 11.6 Å². The Balaban J connectivity index is 1.59. The molecule has 2 N–H and O–H groups in total. The van der Waals surface area contributed by atoms with Crippen molar-refractivity contribution in [1.82, 2.24) is 15.3 Å². The van der Waals surface area contributed by atoms with Crippen molar-refractivity contribution in [2.24, 2.45) is 0 Å². The lowest BCUT2D eigenvalue weighted by Crippen LogP contribution is -2.54. The number of anilines is 3. The van der Waals surface area contributed by atoms with Crippen LogP contribution in [0.5, 0.6) is 5.75 Å². The molecule has 0 spiro atoms. The Morgan fingerprint density at radius 1 is 1.35 bits per heavy atom. The van der Waals surface area contributed by atoms with Crippen molar-refractivity contribution < 1.29 is 14.1 Å². The number of nitrogens with zero attached hydrogens (tertiary/aromatic N) is 4. The van der Waals surface area contributed by atoms with Crippen LogP contribution >= 0.6 is 11.3 Å². The fourth-order valence-corrected chi connectivity index (χ4v) is 5.01. The molecule has 3 heterocycles. The van der Waals surface area contributed by atoms with E-state index < -0.39 is 11.9 Å². The Hall–Kier alpha value is -3.31. The number of hydrogen-bond acceptors (Lipinski definition) is 9. The minimum absolute atomic E-state index is 0.0454. The summed E-state index contributed by atoms with van der Waals surface area (Å²) < 4.78 is 20.0. The summed E-state index contributed by atoms with van der Waals surface area (Å²) in [5, 5.41) is 20.0. The fraction of sp³-hybridized carbons (Fsp3) is 0.391. The van der Waals surface area contributed by atoms with E-state index in [1.807, 2.05) is 10.3 Å². The van der Waals surface area contributed by atoms with E-state index >= 15 is 0 Å². The molecule has 3 atom stereocenters. The minimum atomic E-state index is -0.900. The lowest BCUT2D eigenvalue weighted by Gasteiger charge is -2.36. The molecule has 0 aliphatic carbocycles. The van der Waals surface area contributed by atoms with E-state index in [4.69, 9.17) is 4.74 Å². The van der Waals surface area contributed by atoms with Gasteiger partial charge in [-0.1, -0.05) is 6.07 Å². The molecule has 1 aromatic carbocycles. The Morgan fingerprint density at radius 3 is 2.76 bits per heavy atom. The van der Waals surface area contributed by atoms with Crippen molar-refractivity contribution >= 4 is 28.8 Å². The van der Waals surface area contributed by atoms with E-state index in [1.54, 1.807) is 30.3 Å². The molecular formula is C23H27FN6O3S. The molecular weight excluding hydrogens is 459 g/mol. The molecule has 11 heteroatoms. The molecule has 0 bridgehead atoms. The van der Waals surface area contributed by atoms with Crippen LogP contribution in [0.15, 0.2) is 41.9 Å². The number of nitrogens with one attached hydrogen (secondary N) is 2. The first-order chi connectivity index (χ1) is 16.3. The van der Waals surface area contributed by atoms with Gasteiger partial charge in [-0.25, -0.2) is 9.37 Å². The van der Waals surface area contributed by atoms with Gasteiger partial charge in [-0.05, 0) is 43.5 Å². The Kier molecular flexibility index (Phi) is 7.23. The van der Waals surface area contributed by atoms with Gasteiger partial charge in [0.05, 0.1) is 18.2 Å². The van der Waals surface area contributed by atoms with Crippen molar-refractivity contribution in [3.8, 4) is 5.75 Å². The molecule has 0 amide bonds. The summed E-state index contributed by atoms with van der Waals surface area (Å²) in [5.74, 6) is 0.439. The quantitative estimate of drug-likeness (QED) is 0.361. The highest BCUT2D eigenvalue weighted by Crippen LogP contribution is 2.32. The van der Waals surface area contributed by atoms with E-state index in [2.05, 4.69) is 34.4 Å². The predicted molar refractivity (Wildman–Crippen MR) is 130 cm³/mol. The molecule has 3 aromatic rings. The van der Waals surface area contributed by atoms with E-state index in [9.17, 15) is 14.5 Å². The number of ether oxygens (including phenoxy) is 1. The molecule has 0 saturated carbocycles. The monoisotopic (exact) mass is 486 g/mol. The maximum atomic E-state index is 14.6. The lowest BCUT2D eigenvalue weighted by atomic mass is 10.0. The number of aromatic nitrogens is 2. The summed E-state index contributed by atoms with van der Waals surface area (Å²) >= 11 is 1.34. The molecule has 1 aliphatic heterocycles. The number of halogens is 1. The molecule has 2 aromatic heterocycles. The minimum Gasteiger partial charge on any atom is -0.496 e. The van der Waals surface area contributed by atoms with Crippen LogP contribution in [-0.2, 0) is 6.42 Å². The van der Waals surface area contributed by atoms with Gasteiger partial charge in [0, 0.05) is 47.8 Å². The molecule has 4 rings (SSSR count). The average Bonchev–Trinajstić information content (AvgIpc) is 3.32. The van der Waals surface area contributed by atoms with Gasteiger partial charge in [-0.15, -0.1) is 11.3 Å². The first-order valence-corrected chi connectivity index (χ1v) is 11.9. The van der Waals surface area contributed by atoms with Crippen LogP contribution in [0.3, 0.4) is 0 Å². The number of benzene rings is 1. The van der Waals surface area contributed by atoms with Gasteiger partial charge < -0.3 is 20.3 Å². The van der Waals surface area contributed by atoms with Crippen LogP contribution in [-0.4, -0.2) is 47.2 Å². The Bertz CT molecular complexity index is 1140. The molecule has 9 nitrogen and oxygen atoms in total. The lowest BCUT2D eigenvalue weighted by molar-refractivity contribution is -0.527. The van der Waals surface area contributed by atoms with Crippen molar-refractivity contribution in [3.05, 3.63) is 68.3 Å². The smallest absolute Gasteiger partial charge is 0.251 e. The molecule has 180 valence electrons. The Labute approximate surface area is 201 Å². The van der Waals surface area contributed by atoms with E-state index in [0.29, 0.717) is 40.9 Å². The number of thiophene rings is 1. The maximum Gasteiger partial charge on any atom is 0.251 e. The zero-order chi connectivity index (χ0) is 24.2. The highest BCUT2D eigenvalue weighted by molar-refractivity contribution is 7.10. The van der Waals surface area contributed by atoms with Crippen LogP contribution in [0.25, 0.3) is 0 Å². The zero-order valence-corrected chi connectivity index (χ0v) is 20.0. The fourth-order valence-electron chi connectivity index (χ4n) is 4.21. The molecule has 1 fully saturated rings. The van der Waals surface area contributed by atoms with Gasteiger partial charge in [0.2, 0.25) is 5.95 Å². The number of rotatable bonds is 8. The van der Waals surface area contributed by atoms with Crippen molar-refractivity contribution in [3.63, 3.8) is 0 Å². The van der Waals surface area contributed by atoms with Gasteiger partial charge in [0.25, 0.3) is 6.04 Å². The summed E-state index contributed by atoms with van der Waals surface area (Å²) in [6, 6.07) is 8.34. The first-order valence-electron chi connectivity index (χ1n) is 11.0. The molecule has 0 radical (unpaired) electrons. The normalized spacial score (nSPS) is 19.0. The third-order valence-corrected chi connectivity index (χ3v) is 6.63. The van der Waals surface area contributed by atoms with E-state index in [0.717, 1.165) is 6.20 Å². The highest BCUT2D eigenvalue weighted by Gasteiger charge is 2.27. The van der Waals surface area contributed by atoms with Crippen molar-refractivity contribution in [2.75, 3.05) is 30.4 Å². The summed E-state index contributed by atoms with van der Waals surface area (Å²) in [4.78, 5) is 22.7. The molecule has 34 heavy (non-hydrogen) atoms. The second-order valence-electron chi connectivity index (χ2n) is 8.41. The second-order valence-corrected chi connectivity index (χ2v) is 9.39. The topological polar surface area (TPSA) is 105 Å². The van der Waals surface area contributed by atoms with E-state index in [1.165, 1.54) is 18.4 Å². The number of methoxy groups -OCH3 is 1. The highest BCUT2D eigenvalue weighted by atomic mass is 32.1. The molecule has 1 saturated heterocycles. The second kappa shape index (κ2) is 10.3. The number of nitro groups is 1. The summed E-state index contributed by atoms with van der Waals surface area (Å²) in [5.41, 5.74) is 1.19. The van der Waals surface area contributed by atoms with Gasteiger partial charge in [-0.2, -0.15) is 4.98 Å². The number of hydrogen-bond donors (Lipinski definition) is 2. The SMILES string of the molecule is COc1ccc(Nc2nc(N3C[C@@H](C)N[C@@H](C)C3)ncc2F)cc1CC(c1cccs1)[N+](=O)[O-]. The molecule has 1 aliphatic rings. The van der Waals surface area contributed by atoms with Gasteiger partial charge in [-0.3, -0.25) is 10.1 Å². The van der Waals surface area contributed by atoms with Crippen LogP contribution in [0, 0.1) is 15.9 Å². The van der Waals surface area contributed by atoms with Crippen LogP contribution in [0.4, 0.5) is 21.8 Å². The van der Waals surface area contributed by atoms with Crippen molar-refractivity contribution in [2.45, 2.75) is 38.4 Å². The number of piperazine rings is 1. The Morgan fingerprint density at radius 2 is 2.12 bits per heavy atom. The van der Waals surface area contributed by atoms with Gasteiger partial charge in [0.1, 0.15) is 5.75 Å². The predicted octanol–water partition coefficient (Wildman–Crippen LogP) is 4.18. The largest absolute Gasteiger partial charge is 0.496 e. The first kappa shape index (κ1) is 23.8. The van der Waals surface area contributed by atoms with E-state index in [-0.39, 0.29) is 29.2 Å². The summed E-state index contributed by atoms with van der Waals surface area (Å²) in [6.07, 6.45) is 1.30. The maximum absolute atomic E-state index is 14.6. The third-order valence-electron chi connectivity index (χ3n) is 5.65. The zero-order valence-electron chi connectivity index (χ0n) is 19.2. The standard InChI is InChI=1S/C23H27FN6O3S/c1-14-12-29(13-15(2)26-14)23-25-11-18(24)22(28-23)27-17-6-7-20(33-3)16(9-17)10-19(30(31)32)21-5-4-8-34-21/h4-9,11,14-15,19,26H,10,12-13H2,1-3H3,(H,25,27,28)/t14-,15+,19?. The third kappa shape index (κ3) is 5.42. The van der Waals surface area contributed by atoms with Crippen LogP contribution in [0.2, 0.25) is 0 Å². The van der Waals surface area contributed by atoms with Crippen molar-refractivity contribution in [1.29, 1.82) is 0 Å². The average molecular weight is 487 g/mol.